The summed E-state index contributed by atoms with van der Waals surface area (Å²) in [6.45, 7) is 3.54. The largest absolute Gasteiger partial charge is 0.342 e. The molecule has 1 unspecified atom stereocenters. The molecule has 0 radical (unpaired) electrons. The predicted octanol–water partition coefficient (Wildman–Crippen LogP) is 4.01. The molecule has 1 saturated heterocycles. The highest BCUT2D eigenvalue weighted by Crippen LogP contribution is 2.45. The van der Waals surface area contributed by atoms with Gasteiger partial charge in [-0.25, -0.2) is 0 Å². The van der Waals surface area contributed by atoms with Crippen molar-refractivity contribution in [2.45, 2.75) is 83.0 Å². The Morgan fingerprint density at radius 3 is 2.68 bits per heavy atom. The van der Waals surface area contributed by atoms with Gasteiger partial charge in [-0.1, -0.05) is 43.7 Å². The first kappa shape index (κ1) is 17.0. The SMILES string of the molecule is Cc1nc(C2(CC3CC3)CCCN(C(=O)CCC3CCCC3)C2)no1. The Morgan fingerprint density at radius 1 is 1.20 bits per heavy atom. The Kier molecular flexibility index (Phi) is 4.83. The number of likely N-dealkylation sites (tertiary alicyclic amines) is 1. The summed E-state index contributed by atoms with van der Waals surface area (Å²) >= 11 is 0. The van der Waals surface area contributed by atoms with E-state index in [9.17, 15) is 4.79 Å². The molecular formula is C20H31N3O2. The van der Waals surface area contributed by atoms with E-state index in [4.69, 9.17) is 4.52 Å². The third-order valence-electron chi connectivity index (χ3n) is 6.55. The first-order valence-electron chi connectivity index (χ1n) is 10.2. The van der Waals surface area contributed by atoms with Gasteiger partial charge >= 0.3 is 0 Å². The van der Waals surface area contributed by atoms with Crippen molar-refractivity contribution in [3.05, 3.63) is 11.7 Å². The van der Waals surface area contributed by atoms with Gasteiger partial charge in [-0.2, -0.15) is 4.98 Å². The standard InChI is InChI=1S/C20H31N3O2/c1-15-21-19(22-25-15)20(13-17-7-8-17)11-4-12-23(14-20)18(24)10-9-16-5-2-3-6-16/h16-17H,2-14H2,1H3. The van der Waals surface area contributed by atoms with E-state index in [-0.39, 0.29) is 5.41 Å². The van der Waals surface area contributed by atoms with E-state index >= 15 is 0 Å². The van der Waals surface area contributed by atoms with Crippen molar-refractivity contribution in [2.75, 3.05) is 13.1 Å². The topological polar surface area (TPSA) is 59.2 Å². The van der Waals surface area contributed by atoms with Crippen LogP contribution in [0.2, 0.25) is 0 Å². The molecule has 3 fully saturated rings. The second kappa shape index (κ2) is 7.08. The van der Waals surface area contributed by atoms with Crippen LogP contribution in [0.25, 0.3) is 0 Å². The highest BCUT2D eigenvalue weighted by Gasteiger charge is 2.45. The van der Waals surface area contributed by atoms with Crippen LogP contribution in [0.15, 0.2) is 4.52 Å². The minimum absolute atomic E-state index is 0.0831. The van der Waals surface area contributed by atoms with Crippen molar-refractivity contribution in [2.24, 2.45) is 11.8 Å². The molecule has 3 aliphatic rings. The fraction of sp³-hybridized carbons (Fsp3) is 0.850. The van der Waals surface area contributed by atoms with Crippen LogP contribution in [0, 0.1) is 18.8 Å². The number of carbonyl (C=O) groups is 1. The van der Waals surface area contributed by atoms with Gasteiger partial charge in [0.1, 0.15) is 0 Å². The van der Waals surface area contributed by atoms with Crippen LogP contribution in [0.4, 0.5) is 0 Å². The van der Waals surface area contributed by atoms with E-state index < -0.39 is 0 Å². The van der Waals surface area contributed by atoms with Crippen molar-refractivity contribution in [3.8, 4) is 0 Å². The monoisotopic (exact) mass is 345 g/mol. The lowest BCUT2D eigenvalue weighted by molar-refractivity contribution is -0.134. The zero-order valence-electron chi connectivity index (χ0n) is 15.5. The fourth-order valence-corrected chi connectivity index (χ4v) is 4.96. The van der Waals surface area contributed by atoms with Gasteiger partial charge in [-0.05, 0) is 37.5 Å². The molecule has 138 valence electrons. The zero-order valence-corrected chi connectivity index (χ0v) is 15.5. The lowest BCUT2D eigenvalue weighted by atomic mass is 9.74. The minimum atomic E-state index is -0.0831. The number of nitrogens with zero attached hydrogens (tertiary/aromatic N) is 3. The van der Waals surface area contributed by atoms with Gasteiger partial charge in [0, 0.05) is 26.4 Å². The molecule has 25 heavy (non-hydrogen) atoms. The number of hydrogen-bond donors (Lipinski definition) is 0. The van der Waals surface area contributed by atoms with Crippen molar-refractivity contribution >= 4 is 5.91 Å². The molecule has 2 saturated carbocycles. The molecule has 1 aromatic rings. The quantitative estimate of drug-likeness (QED) is 0.781. The van der Waals surface area contributed by atoms with Crippen molar-refractivity contribution in [1.82, 2.24) is 15.0 Å². The van der Waals surface area contributed by atoms with Gasteiger partial charge in [-0.15, -0.1) is 0 Å². The van der Waals surface area contributed by atoms with Crippen LogP contribution in [-0.2, 0) is 10.2 Å². The summed E-state index contributed by atoms with van der Waals surface area (Å²) in [6, 6.07) is 0. The van der Waals surface area contributed by atoms with Crippen molar-refractivity contribution in [1.29, 1.82) is 0 Å². The molecule has 0 bridgehead atoms. The lowest BCUT2D eigenvalue weighted by Gasteiger charge is -2.41. The van der Waals surface area contributed by atoms with E-state index in [1.807, 2.05) is 6.92 Å². The molecule has 5 nitrogen and oxygen atoms in total. The van der Waals surface area contributed by atoms with Crippen molar-refractivity contribution < 1.29 is 9.32 Å². The molecule has 1 atom stereocenters. The van der Waals surface area contributed by atoms with E-state index in [0.29, 0.717) is 11.8 Å². The Bertz CT molecular complexity index is 604. The van der Waals surface area contributed by atoms with E-state index in [2.05, 4.69) is 15.0 Å². The number of amides is 1. The third-order valence-corrected chi connectivity index (χ3v) is 6.55. The average molecular weight is 345 g/mol. The molecule has 0 aromatic carbocycles. The lowest BCUT2D eigenvalue weighted by Crippen LogP contribution is -2.49. The van der Waals surface area contributed by atoms with E-state index in [0.717, 1.165) is 62.9 Å². The van der Waals surface area contributed by atoms with Gasteiger partial charge in [0.25, 0.3) is 0 Å². The van der Waals surface area contributed by atoms with Crippen LogP contribution >= 0.6 is 0 Å². The van der Waals surface area contributed by atoms with Gasteiger partial charge in [-0.3, -0.25) is 4.79 Å². The molecule has 0 N–H and O–H groups in total. The molecular weight excluding hydrogens is 314 g/mol. The summed E-state index contributed by atoms with van der Waals surface area (Å²) in [5.74, 6) is 3.38. The molecule has 1 aliphatic heterocycles. The number of aromatic nitrogens is 2. The fourth-order valence-electron chi connectivity index (χ4n) is 4.96. The van der Waals surface area contributed by atoms with Gasteiger partial charge in [0.15, 0.2) is 5.82 Å². The predicted molar refractivity (Wildman–Crippen MR) is 95.1 cm³/mol. The van der Waals surface area contributed by atoms with Crippen LogP contribution in [0.5, 0.6) is 0 Å². The Hall–Kier alpha value is -1.39. The number of aryl methyl sites for hydroxylation is 1. The second-order valence-corrected chi connectivity index (χ2v) is 8.67. The summed E-state index contributed by atoms with van der Waals surface area (Å²) in [4.78, 5) is 19.5. The zero-order chi connectivity index (χ0) is 17.3. The van der Waals surface area contributed by atoms with E-state index in [1.165, 1.54) is 38.5 Å². The highest BCUT2D eigenvalue weighted by molar-refractivity contribution is 5.76. The Labute approximate surface area is 150 Å². The molecule has 4 rings (SSSR count). The summed E-state index contributed by atoms with van der Waals surface area (Å²) in [5.41, 5.74) is -0.0831. The smallest absolute Gasteiger partial charge is 0.223 e. The molecule has 5 heteroatoms. The van der Waals surface area contributed by atoms with Gasteiger partial charge in [0.2, 0.25) is 11.8 Å². The van der Waals surface area contributed by atoms with Gasteiger partial charge < -0.3 is 9.42 Å². The number of rotatable bonds is 6. The van der Waals surface area contributed by atoms with Crippen LogP contribution < -0.4 is 0 Å². The molecule has 2 heterocycles. The maximum atomic E-state index is 12.8. The van der Waals surface area contributed by atoms with Crippen LogP contribution in [0.3, 0.4) is 0 Å². The highest BCUT2D eigenvalue weighted by atomic mass is 16.5. The summed E-state index contributed by atoms with van der Waals surface area (Å²) in [6.07, 6.45) is 13.0. The van der Waals surface area contributed by atoms with Crippen LogP contribution in [0.1, 0.15) is 82.3 Å². The normalized spacial score (nSPS) is 27.8. The van der Waals surface area contributed by atoms with E-state index in [1.54, 1.807) is 0 Å². The summed E-state index contributed by atoms with van der Waals surface area (Å²) in [5, 5.41) is 4.27. The number of carbonyl (C=O) groups excluding carboxylic acids is 1. The van der Waals surface area contributed by atoms with Crippen LogP contribution in [-0.4, -0.2) is 34.0 Å². The Morgan fingerprint density at radius 2 is 2.00 bits per heavy atom. The first-order chi connectivity index (χ1) is 12.1. The molecule has 0 spiro atoms. The molecule has 1 aromatic heterocycles. The number of piperidine rings is 1. The van der Waals surface area contributed by atoms with Crippen molar-refractivity contribution in [3.63, 3.8) is 0 Å². The minimum Gasteiger partial charge on any atom is -0.342 e. The molecule has 2 aliphatic carbocycles. The first-order valence-corrected chi connectivity index (χ1v) is 10.2. The maximum Gasteiger partial charge on any atom is 0.223 e. The molecule has 1 amide bonds. The number of hydrogen-bond acceptors (Lipinski definition) is 4. The third kappa shape index (κ3) is 3.90. The maximum absolute atomic E-state index is 12.8. The van der Waals surface area contributed by atoms with Gasteiger partial charge in [0.05, 0.1) is 5.41 Å². The average Bonchev–Trinajstić information content (AvgIpc) is 3.09. The summed E-state index contributed by atoms with van der Waals surface area (Å²) < 4.78 is 5.29. The summed E-state index contributed by atoms with van der Waals surface area (Å²) in [7, 11) is 0. The second-order valence-electron chi connectivity index (χ2n) is 8.67. The Balaban J connectivity index is 1.43.